The first-order valence-electron chi connectivity index (χ1n) is 7.16. The van der Waals surface area contributed by atoms with Gasteiger partial charge in [-0.25, -0.2) is 0 Å². The Balaban J connectivity index is 1.72. The molecule has 3 heteroatoms. The predicted octanol–water partition coefficient (Wildman–Crippen LogP) is 3.17. The molecule has 0 saturated heterocycles. The molecule has 2 aromatic rings. The highest BCUT2D eigenvalue weighted by molar-refractivity contribution is 5.87. The van der Waals surface area contributed by atoms with Gasteiger partial charge in [-0.3, -0.25) is 0 Å². The summed E-state index contributed by atoms with van der Waals surface area (Å²) >= 11 is 0. The lowest BCUT2D eigenvalue weighted by atomic mass is 10.1. The lowest BCUT2D eigenvalue weighted by Crippen LogP contribution is -2.17. The van der Waals surface area contributed by atoms with Crippen molar-refractivity contribution in [2.45, 2.75) is 38.6 Å². The van der Waals surface area contributed by atoms with Crippen LogP contribution in [0.25, 0.3) is 10.9 Å². The zero-order chi connectivity index (χ0) is 13.2. The molecule has 0 aliphatic heterocycles. The summed E-state index contributed by atoms with van der Waals surface area (Å²) in [5, 5.41) is 4.87. The van der Waals surface area contributed by atoms with Crippen LogP contribution >= 0.6 is 0 Å². The van der Waals surface area contributed by atoms with Crippen LogP contribution in [0.5, 0.6) is 5.75 Å². The van der Waals surface area contributed by atoms with Gasteiger partial charge in [-0.15, -0.1) is 0 Å². The average molecular weight is 258 g/mol. The number of rotatable bonds is 6. The summed E-state index contributed by atoms with van der Waals surface area (Å²) in [5.74, 6) is 0.946. The number of aromatic nitrogens is 1. The Kier molecular flexibility index (Phi) is 3.47. The number of aromatic amines is 1. The van der Waals surface area contributed by atoms with Gasteiger partial charge in [-0.05, 0) is 62.4 Å². The van der Waals surface area contributed by atoms with Gasteiger partial charge in [-0.2, -0.15) is 0 Å². The van der Waals surface area contributed by atoms with E-state index in [4.69, 9.17) is 4.74 Å². The number of aryl methyl sites for hydroxylation is 2. The maximum Gasteiger partial charge on any atom is 0.119 e. The van der Waals surface area contributed by atoms with Crippen LogP contribution in [0.4, 0.5) is 0 Å². The molecule has 0 amide bonds. The molecule has 0 radical (unpaired) electrons. The normalized spacial score (nSPS) is 15.1. The zero-order valence-electron chi connectivity index (χ0n) is 11.8. The van der Waals surface area contributed by atoms with Crippen LogP contribution in [0.15, 0.2) is 18.3 Å². The SMILES string of the molecule is COc1cc(C)c2[nH]cc(CCCNC3CC3)c2c1. The Morgan fingerprint density at radius 3 is 2.95 bits per heavy atom. The van der Waals surface area contributed by atoms with E-state index in [2.05, 4.69) is 35.6 Å². The van der Waals surface area contributed by atoms with Gasteiger partial charge in [0.05, 0.1) is 7.11 Å². The van der Waals surface area contributed by atoms with Crippen molar-refractivity contribution < 1.29 is 4.74 Å². The monoisotopic (exact) mass is 258 g/mol. The van der Waals surface area contributed by atoms with Crippen LogP contribution in [-0.4, -0.2) is 24.7 Å². The molecule has 0 atom stereocenters. The lowest BCUT2D eigenvalue weighted by molar-refractivity contribution is 0.415. The molecular weight excluding hydrogens is 236 g/mol. The second kappa shape index (κ2) is 5.25. The number of hydrogen-bond donors (Lipinski definition) is 2. The molecule has 0 unspecified atom stereocenters. The van der Waals surface area contributed by atoms with Gasteiger partial charge in [0.15, 0.2) is 0 Å². The highest BCUT2D eigenvalue weighted by Crippen LogP contribution is 2.27. The van der Waals surface area contributed by atoms with E-state index in [0.717, 1.165) is 24.8 Å². The molecule has 0 bridgehead atoms. The van der Waals surface area contributed by atoms with E-state index in [1.54, 1.807) is 7.11 Å². The summed E-state index contributed by atoms with van der Waals surface area (Å²) in [7, 11) is 1.73. The molecule has 1 saturated carbocycles. The number of benzene rings is 1. The van der Waals surface area contributed by atoms with E-state index in [-0.39, 0.29) is 0 Å². The maximum atomic E-state index is 5.37. The first-order chi connectivity index (χ1) is 9.28. The number of nitrogens with one attached hydrogen (secondary N) is 2. The standard InChI is InChI=1S/C16H22N2O/c1-11-8-14(19-2)9-15-12(10-18-16(11)15)4-3-7-17-13-5-6-13/h8-10,13,17-18H,3-7H2,1-2H3. The number of methoxy groups -OCH3 is 1. The molecule has 1 aromatic heterocycles. The van der Waals surface area contributed by atoms with Crippen molar-refractivity contribution >= 4 is 10.9 Å². The molecule has 1 aliphatic rings. The molecule has 3 rings (SSSR count). The first-order valence-corrected chi connectivity index (χ1v) is 7.16. The van der Waals surface area contributed by atoms with Crippen LogP contribution in [0, 0.1) is 6.92 Å². The smallest absolute Gasteiger partial charge is 0.119 e. The van der Waals surface area contributed by atoms with Crippen molar-refractivity contribution in [1.29, 1.82) is 0 Å². The topological polar surface area (TPSA) is 37.0 Å². The molecule has 1 aliphatic carbocycles. The lowest BCUT2D eigenvalue weighted by Gasteiger charge is -2.05. The van der Waals surface area contributed by atoms with Crippen molar-refractivity contribution in [2.75, 3.05) is 13.7 Å². The molecule has 19 heavy (non-hydrogen) atoms. The van der Waals surface area contributed by atoms with Crippen molar-refractivity contribution in [3.05, 3.63) is 29.5 Å². The van der Waals surface area contributed by atoms with Gasteiger partial charge in [0.2, 0.25) is 0 Å². The molecule has 1 fully saturated rings. The van der Waals surface area contributed by atoms with Gasteiger partial charge in [0, 0.05) is 23.1 Å². The Morgan fingerprint density at radius 2 is 2.21 bits per heavy atom. The van der Waals surface area contributed by atoms with Crippen LogP contribution in [0.1, 0.15) is 30.4 Å². The molecule has 0 spiro atoms. The van der Waals surface area contributed by atoms with Gasteiger partial charge < -0.3 is 15.0 Å². The highest BCUT2D eigenvalue weighted by Gasteiger charge is 2.19. The summed E-state index contributed by atoms with van der Waals surface area (Å²) in [4.78, 5) is 3.39. The summed E-state index contributed by atoms with van der Waals surface area (Å²) in [6.45, 7) is 3.25. The largest absolute Gasteiger partial charge is 0.497 e. The van der Waals surface area contributed by atoms with Crippen LogP contribution < -0.4 is 10.1 Å². The van der Waals surface area contributed by atoms with E-state index < -0.39 is 0 Å². The van der Waals surface area contributed by atoms with Crippen molar-refractivity contribution in [3.63, 3.8) is 0 Å². The fourth-order valence-electron chi connectivity index (χ4n) is 2.63. The third-order valence-electron chi connectivity index (χ3n) is 3.91. The fraction of sp³-hybridized carbons (Fsp3) is 0.500. The highest BCUT2D eigenvalue weighted by atomic mass is 16.5. The van der Waals surface area contributed by atoms with Crippen molar-refractivity contribution in [1.82, 2.24) is 10.3 Å². The first kappa shape index (κ1) is 12.5. The van der Waals surface area contributed by atoms with Gasteiger partial charge in [0.25, 0.3) is 0 Å². The van der Waals surface area contributed by atoms with E-state index in [9.17, 15) is 0 Å². The Hall–Kier alpha value is -1.48. The minimum atomic E-state index is 0.810. The molecule has 1 heterocycles. The molecular formula is C16H22N2O. The van der Waals surface area contributed by atoms with Crippen molar-refractivity contribution in [2.24, 2.45) is 0 Å². The van der Waals surface area contributed by atoms with Crippen LogP contribution in [0.2, 0.25) is 0 Å². The fourth-order valence-corrected chi connectivity index (χ4v) is 2.63. The minimum Gasteiger partial charge on any atom is -0.497 e. The van der Waals surface area contributed by atoms with E-state index >= 15 is 0 Å². The molecule has 102 valence electrons. The second-order valence-electron chi connectivity index (χ2n) is 5.51. The molecule has 1 aromatic carbocycles. The third kappa shape index (κ3) is 2.76. The summed E-state index contributed by atoms with van der Waals surface area (Å²) in [6.07, 6.45) is 7.19. The Labute approximate surface area is 114 Å². The zero-order valence-corrected chi connectivity index (χ0v) is 11.8. The number of ether oxygens (including phenoxy) is 1. The molecule has 2 N–H and O–H groups in total. The maximum absolute atomic E-state index is 5.37. The second-order valence-corrected chi connectivity index (χ2v) is 5.51. The predicted molar refractivity (Wildman–Crippen MR) is 78.9 cm³/mol. The van der Waals surface area contributed by atoms with E-state index in [1.807, 2.05) is 0 Å². The number of fused-ring (bicyclic) bond motifs is 1. The number of hydrogen-bond acceptors (Lipinski definition) is 2. The van der Waals surface area contributed by atoms with Gasteiger partial charge >= 0.3 is 0 Å². The summed E-state index contributed by atoms with van der Waals surface area (Å²) < 4.78 is 5.37. The summed E-state index contributed by atoms with van der Waals surface area (Å²) in [6, 6.07) is 5.03. The Morgan fingerprint density at radius 1 is 1.37 bits per heavy atom. The van der Waals surface area contributed by atoms with Gasteiger partial charge in [-0.1, -0.05) is 0 Å². The third-order valence-corrected chi connectivity index (χ3v) is 3.91. The van der Waals surface area contributed by atoms with Crippen LogP contribution in [-0.2, 0) is 6.42 Å². The van der Waals surface area contributed by atoms with E-state index in [0.29, 0.717) is 0 Å². The summed E-state index contributed by atoms with van der Waals surface area (Å²) in [5.41, 5.74) is 3.89. The van der Waals surface area contributed by atoms with Gasteiger partial charge in [0.1, 0.15) is 5.75 Å². The average Bonchev–Trinajstić information content (AvgIpc) is 3.15. The minimum absolute atomic E-state index is 0.810. The van der Waals surface area contributed by atoms with E-state index in [1.165, 1.54) is 41.3 Å². The number of H-pyrrole nitrogens is 1. The quantitative estimate of drug-likeness (QED) is 0.781. The Bertz CT molecular complexity index is 569. The van der Waals surface area contributed by atoms with Crippen LogP contribution in [0.3, 0.4) is 0 Å². The van der Waals surface area contributed by atoms with Crippen molar-refractivity contribution in [3.8, 4) is 5.75 Å². The molecule has 3 nitrogen and oxygen atoms in total.